The van der Waals surface area contributed by atoms with Crippen molar-refractivity contribution in [3.8, 4) is 17.2 Å². The Morgan fingerprint density at radius 2 is 1.69 bits per heavy atom. The van der Waals surface area contributed by atoms with Crippen LogP contribution in [0.1, 0.15) is 77.6 Å². The van der Waals surface area contributed by atoms with Crippen molar-refractivity contribution in [2.45, 2.75) is 78.4 Å². The van der Waals surface area contributed by atoms with Gasteiger partial charge in [0.15, 0.2) is 0 Å². The zero-order chi connectivity index (χ0) is 26.7. The van der Waals surface area contributed by atoms with Crippen LogP contribution in [0.2, 0.25) is 0 Å². The van der Waals surface area contributed by atoms with Gasteiger partial charge in [-0.1, -0.05) is 25.8 Å². The molecule has 198 valence electrons. The summed E-state index contributed by atoms with van der Waals surface area (Å²) in [6.45, 7) is 13.0. The average Bonchev–Trinajstić information content (AvgIpc) is 2.87. The Labute approximate surface area is 213 Å². The summed E-state index contributed by atoms with van der Waals surface area (Å²) < 4.78 is 12.0. The van der Waals surface area contributed by atoms with Gasteiger partial charge in [0.2, 0.25) is 0 Å². The third-order valence-corrected chi connectivity index (χ3v) is 6.35. The molecule has 36 heavy (non-hydrogen) atoms. The van der Waals surface area contributed by atoms with Crippen LogP contribution in [0.25, 0.3) is 0 Å². The number of nitrogens with one attached hydrogen (secondary N) is 1. The minimum atomic E-state index is -0.512. The Morgan fingerprint density at radius 3 is 2.39 bits per heavy atom. The van der Waals surface area contributed by atoms with Gasteiger partial charge < -0.3 is 30.1 Å². The number of amides is 1. The number of nitrogens with zero attached hydrogens (tertiary/aromatic N) is 1. The molecule has 0 saturated heterocycles. The van der Waals surface area contributed by atoms with E-state index in [1.165, 1.54) is 23.1 Å². The predicted molar refractivity (Wildman–Crippen MR) is 141 cm³/mol. The van der Waals surface area contributed by atoms with Crippen LogP contribution in [0.5, 0.6) is 17.2 Å². The number of anilines is 3. The predicted octanol–water partition coefficient (Wildman–Crippen LogP) is 6.27. The van der Waals surface area contributed by atoms with Crippen LogP contribution in [-0.4, -0.2) is 45.8 Å². The van der Waals surface area contributed by atoms with Crippen molar-refractivity contribution >= 4 is 23.0 Å². The van der Waals surface area contributed by atoms with Gasteiger partial charge in [-0.05, 0) is 65.5 Å². The van der Waals surface area contributed by atoms with E-state index in [-0.39, 0.29) is 52.2 Å². The molecule has 0 saturated carbocycles. The molecule has 1 aliphatic heterocycles. The molecule has 1 amide bonds. The van der Waals surface area contributed by atoms with Crippen LogP contribution < -0.4 is 10.2 Å². The maximum atomic E-state index is 13.5. The fourth-order valence-electron chi connectivity index (χ4n) is 4.19. The summed E-state index contributed by atoms with van der Waals surface area (Å²) in [6, 6.07) is 7.20. The first kappa shape index (κ1) is 27.6. The maximum absolute atomic E-state index is 13.5. The Morgan fingerprint density at radius 1 is 0.972 bits per heavy atom. The van der Waals surface area contributed by atoms with E-state index in [1.807, 2.05) is 13.8 Å². The van der Waals surface area contributed by atoms with E-state index in [9.17, 15) is 20.1 Å². The number of aromatic hydroxyl groups is 3. The van der Waals surface area contributed by atoms with E-state index >= 15 is 0 Å². The maximum Gasteiger partial charge on any atom is 0.262 e. The van der Waals surface area contributed by atoms with Crippen molar-refractivity contribution in [1.82, 2.24) is 0 Å². The Kier molecular flexibility index (Phi) is 8.41. The monoisotopic (exact) mass is 500 g/mol. The standard InChI is InChI=1S/C28H40N2O6/c1-18(12-14-35-27(2,3)4)9-8-13-28(5,6)36-17-30-21-15-19(31)16-23(33)25(21)29-24-20(26(30)34)10-7-11-22(24)32/h7,10-11,15-16,18,29,31-33H,8-9,12-14,17H2,1-6H3. The topological polar surface area (TPSA) is 111 Å². The van der Waals surface area contributed by atoms with E-state index in [4.69, 9.17) is 9.47 Å². The molecule has 2 aromatic rings. The van der Waals surface area contributed by atoms with E-state index in [2.05, 4.69) is 33.0 Å². The van der Waals surface area contributed by atoms with Crippen LogP contribution in [0.15, 0.2) is 30.3 Å². The van der Waals surface area contributed by atoms with Crippen molar-refractivity contribution < 1.29 is 29.6 Å². The quantitative estimate of drug-likeness (QED) is 0.225. The van der Waals surface area contributed by atoms with Crippen LogP contribution >= 0.6 is 0 Å². The van der Waals surface area contributed by atoms with E-state index in [0.717, 1.165) is 32.3 Å². The van der Waals surface area contributed by atoms with Gasteiger partial charge >= 0.3 is 0 Å². The molecule has 8 nitrogen and oxygen atoms in total. The number of phenols is 3. The van der Waals surface area contributed by atoms with Gasteiger partial charge in [-0.2, -0.15) is 0 Å². The lowest BCUT2D eigenvalue weighted by atomic mass is 9.95. The zero-order valence-electron chi connectivity index (χ0n) is 22.2. The van der Waals surface area contributed by atoms with Crippen molar-refractivity contribution in [3.63, 3.8) is 0 Å². The van der Waals surface area contributed by atoms with Gasteiger partial charge in [0.25, 0.3) is 5.91 Å². The van der Waals surface area contributed by atoms with Gasteiger partial charge in [-0.25, -0.2) is 0 Å². The van der Waals surface area contributed by atoms with Crippen molar-refractivity contribution in [3.05, 3.63) is 35.9 Å². The number of hydrogen-bond donors (Lipinski definition) is 4. The number of rotatable bonds is 10. The zero-order valence-corrected chi connectivity index (χ0v) is 22.2. The minimum Gasteiger partial charge on any atom is -0.508 e. The lowest BCUT2D eigenvalue weighted by molar-refractivity contribution is -0.0246. The van der Waals surface area contributed by atoms with Gasteiger partial charge in [0.05, 0.1) is 28.1 Å². The molecule has 0 spiro atoms. The smallest absolute Gasteiger partial charge is 0.262 e. The Bertz CT molecular complexity index is 1080. The highest BCUT2D eigenvalue weighted by molar-refractivity contribution is 6.15. The SMILES string of the molecule is CC(CCCC(C)(C)OCN1C(=O)c2cccc(O)c2Nc2c(O)cc(O)cc21)CCOC(C)(C)C. The molecule has 0 aromatic heterocycles. The van der Waals surface area contributed by atoms with Crippen LogP contribution in [0.4, 0.5) is 17.1 Å². The largest absolute Gasteiger partial charge is 0.508 e. The summed E-state index contributed by atoms with van der Waals surface area (Å²) in [7, 11) is 0. The van der Waals surface area contributed by atoms with Gasteiger partial charge in [-0.3, -0.25) is 9.69 Å². The summed E-state index contributed by atoms with van der Waals surface area (Å²) in [6.07, 6.45) is 3.81. The number of para-hydroxylation sites is 1. The summed E-state index contributed by atoms with van der Waals surface area (Å²) in [4.78, 5) is 14.8. The summed E-state index contributed by atoms with van der Waals surface area (Å²) in [5.74, 6) is -0.444. The molecule has 3 rings (SSSR count). The molecule has 1 heterocycles. The molecule has 2 aromatic carbocycles. The Hall–Kier alpha value is -2.97. The van der Waals surface area contributed by atoms with Crippen molar-refractivity contribution in [2.24, 2.45) is 5.92 Å². The number of hydrogen-bond acceptors (Lipinski definition) is 7. The first-order chi connectivity index (χ1) is 16.8. The molecule has 0 bridgehead atoms. The van der Waals surface area contributed by atoms with E-state index in [0.29, 0.717) is 5.92 Å². The Balaban J connectivity index is 1.68. The average molecular weight is 501 g/mol. The van der Waals surface area contributed by atoms with Gasteiger partial charge in [0.1, 0.15) is 29.7 Å². The number of ether oxygens (including phenoxy) is 2. The van der Waals surface area contributed by atoms with Crippen molar-refractivity contribution in [2.75, 3.05) is 23.6 Å². The van der Waals surface area contributed by atoms with Crippen molar-refractivity contribution in [1.29, 1.82) is 0 Å². The molecule has 1 atom stereocenters. The molecular weight excluding hydrogens is 460 g/mol. The third-order valence-electron chi connectivity index (χ3n) is 6.35. The first-order valence-corrected chi connectivity index (χ1v) is 12.5. The molecule has 4 N–H and O–H groups in total. The lowest BCUT2D eigenvalue weighted by Gasteiger charge is -2.31. The highest BCUT2D eigenvalue weighted by Gasteiger charge is 2.32. The van der Waals surface area contributed by atoms with Crippen LogP contribution in [0.3, 0.4) is 0 Å². The second kappa shape index (κ2) is 11.0. The van der Waals surface area contributed by atoms with Crippen LogP contribution in [-0.2, 0) is 9.47 Å². The molecular formula is C28H40N2O6. The number of benzene rings is 2. The van der Waals surface area contributed by atoms with Gasteiger partial charge in [0, 0.05) is 18.7 Å². The second-order valence-corrected chi connectivity index (χ2v) is 11.2. The van der Waals surface area contributed by atoms with Gasteiger partial charge in [-0.15, -0.1) is 0 Å². The van der Waals surface area contributed by atoms with E-state index in [1.54, 1.807) is 12.1 Å². The molecule has 1 aliphatic rings. The highest BCUT2D eigenvalue weighted by atomic mass is 16.5. The first-order valence-electron chi connectivity index (χ1n) is 12.5. The second-order valence-electron chi connectivity index (χ2n) is 11.2. The highest BCUT2D eigenvalue weighted by Crippen LogP contribution is 2.45. The molecule has 8 heteroatoms. The summed E-state index contributed by atoms with van der Waals surface area (Å²) in [5.41, 5.74) is 0.253. The summed E-state index contributed by atoms with van der Waals surface area (Å²) in [5, 5.41) is 33.9. The minimum absolute atomic E-state index is 0.0898. The fourth-order valence-corrected chi connectivity index (χ4v) is 4.19. The number of phenolic OH excluding ortho intramolecular Hbond substituents is 3. The van der Waals surface area contributed by atoms with Crippen LogP contribution in [0, 0.1) is 5.92 Å². The molecule has 0 fully saturated rings. The number of fused-ring (bicyclic) bond motifs is 2. The molecule has 0 aliphatic carbocycles. The molecule has 1 unspecified atom stereocenters. The fraction of sp³-hybridized carbons (Fsp3) is 0.536. The number of carbonyl (C=O) groups is 1. The van der Waals surface area contributed by atoms with E-state index < -0.39 is 11.5 Å². The molecule has 0 radical (unpaired) electrons. The lowest BCUT2D eigenvalue weighted by Crippen LogP contribution is -2.37. The normalized spacial score (nSPS) is 14.6. The summed E-state index contributed by atoms with van der Waals surface area (Å²) >= 11 is 0. The number of carbonyl (C=O) groups excluding carboxylic acids is 1. The third kappa shape index (κ3) is 7.04.